The van der Waals surface area contributed by atoms with Crippen molar-refractivity contribution in [1.29, 1.82) is 0 Å². The van der Waals surface area contributed by atoms with Gasteiger partial charge in [0.15, 0.2) is 0 Å². The predicted octanol–water partition coefficient (Wildman–Crippen LogP) is 1.73. The van der Waals surface area contributed by atoms with Gasteiger partial charge in [-0.2, -0.15) is 0 Å². The standard InChI is InChI=1S/C22H37NO2.Na/c1-3-5-6-7-8-9-10-11-12-13-14-20-15-17-21(18-16-20)23(4-2)19-22(24)25;/h15-18H,3-14,19H2,1-2H3,(H,24,25);/q;+1/p-1. The van der Waals surface area contributed by atoms with Gasteiger partial charge in [0, 0.05) is 12.2 Å². The summed E-state index contributed by atoms with van der Waals surface area (Å²) >= 11 is 0. The van der Waals surface area contributed by atoms with Crippen LogP contribution < -0.4 is 39.6 Å². The van der Waals surface area contributed by atoms with E-state index in [1.165, 1.54) is 69.8 Å². The largest absolute Gasteiger partial charge is 1.00 e. The van der Waals surface area contributed by atoms with Gasteiger partial charge >= 0.3 is 29.6 Å². The van der Waals surface area contributed by atoms with E-state index in [-0.39, 0.29) is 36.1 Å². The summed E-state index contributed by atoms with van der Waals surface area (Å²) < 4.78 is 0. The van der Waals surface area contributed by atoms with Crippen LogP contribution in [0.4, 0.5) is 5.69 Å². The summed E-state index contributed by atoms with van der Waals surface area (Å²) in [6.45, 7) is 4.85. The Kier molecular flexibility index (Phi) is 16.3. The Morgan fingerprint density at radius 3 is 1.81 bits per heavy atom. The van der Waals surface area contributed by atoms with Gasteiger partial charge in [-0.15, -0.1) is 0 Å². The first-order valence-corrected chi connectivity index (χ1v) is 10.2. The summed E-state index contributed by atoms with van der Waals surface area (Å²) in [6, 6.07) is 8.30. The Labute approximate surface area is 182 Å². The molecule has 4 heteroatoms. The van der Waals surface area contributed by atoms with Gasteiger partial charge < -0.3 is 14.8 Å². The van der Waals surface area contributed by atoms with Crippen LogP contribution in [0.1, 0.15) is 83.6 Å². The number of carbonyl (C=O) groups excluding carboxylic acids is 1. The van der Waals surface area contributed by atoms with Crippen molar-refractivity contribution >= 4 is 11.7 Å². The SMILES string of the molecule is CCCCCCCCCCCCc1ccc(N(CC)CC(=O)[O-])cc1.[Na+]. The molecular weight excluding hydrogens is 333 g/mol. The van der Waals surface area contributed by atoms with Crippen molar-refractivity contribution in [1.82, 2.24) is 0 Å². The first-order valence-electron chi connectivity index (χ1n) is 10.2. The Bertz CT molecular complexity index is 462. The second-order valence-corrected chi connectivity index (χ2v) is 6.98. The molecule has 0 spiro atoms. The van der Waals surface area contributed by atoms with Crippen LogP contribution in [0.5, 0.6) is 0 Å². The fraction of sp³-hybridized carbons (Fsp3) is 0.682. The van der Waals surface area contributed by atoms with Crippen LogP contribution >= 0.6 is 0 Å². The van der Waals surface area contributed by atoms with E-state index in [2.05, 4.69) is 19.1 Å². The summed E-state index contributed by atoms with van der Waals surface area (Å²) in [4.78, 5) is 12.6. The van der Waals surface area contributed by atoms with Gasteiger partial charge in [-0.05, 0) is 37.5 Å². The van der Waals surface area contributed by atoms with Crippen molar-refractivity contribution in [2.75, 3.05) is 18.0 Å². The summed E-state index contributed by atoms with van der Waals surface area (Å²) in [6.07, 6.45) is 14.7. The first-order chi connectivity index (χ1) is 12.2. The summed E-state index contributed by atoms with van der Waals surface area (Å²) in [5, 5.41) is 10.8. The number of benzene rings is 1. The number of rotatable bonds is 15. The molecule has 0 unspecified atom stereocenters. The van der Waals surface area contributed by atoms with E-state index in [0.717, 1.165) is 12.1 Å². The van der Waals surface area contributed by atoms with E-state index in [1.807, 2.05) is 24.0 Å². The molecule has 0 amide bonds. The van der Waals surface area contributed by atoms with Gasteiger partial charge in [-0.3, -0.25) is 0 Å². The quantitative estimate of drug-likeness (QED) is 0.349. The smallest absolute Gasteiger partial charge is 0.548 e. The van der Waals surface area contributed by atoms with E-state index < -0.39 is 5.97 Å². The number of anilines is 1. The predicted molar refractivity (Wildman–Crippen MR) is 105 cm³/mol. The molecule has 0 atom stereocenters. The van der Waals surface area contributed by atoms with Crippen LogP contribution in [0.15, 0.2) is 24.3 Å². The number of hydrogen-bond acceptors (Lipinski definition) is 3. The Balaban J connectivity index is 0.00000625. The average molecular weight is 370 g/mol. The fourth-order valence-electron chi connectivity index (χ4n) is 3.23. The maximum Gasteiger partial charge on any atom is 1.00 e. The molecule has 0 saturated carbocycles. The van der Waals surface area contributed by atoms with Gasteiger partial charge in [0.1, 0.15) is 0 Å². The molecule has 0 aliphatic carbocycles. The number of hydrogen-bond donors (Lipinski definition) is 0. The molecule has 0 radical (unpaired) electrons. The monoisotopic (exact) mass is 369 g/mol. The van der Waals surface area contributed by atoms with Crippen molar-refractivity contribution < 1.29 is 39.5 Å². The van der Waals surface area contributed by atoms with Crippen molar-refractivity contribution in [2.45, 2.75) is 84.5 Å². The summed E-state index contributed by atoms with van der Waals surface area (Å²) in [7, 11) is 0. The Morgan fingerprint density at radius 2 is 1.35 bits per heavy atom. The molecule has 3 nitrogen and oxygen atoms in total. The van der Waals surface area contributed by atoms with Crippen LogP contribution in [0.3, 0.4) is 0 Å². The molecular formula is C22H36NNaO2. The Hall–Kier alpha value is -0.510. The molecule has 0 aliphatic heterocycles. The molecule has 0 N–H and O–H groups in total. The van der Waals surface area contributed by atoms with Crippen LogP contribution in [0.2, 0.25) is 0 Å². The topological polar surface area (TPSA) is 43.4 Å². The number of aliphatic carboxylic acids is 1. The van der Waals surface area contributed by atoms with Crippen LogP contribution in [0.25, 0.3) is 0 Å². The van der Waals surface area contributed by atoms with Gasteiger partial charge in [0.05, 0.1) is 12.5 Å². The minimum absolute atomic E-state index is 0. The fourth-order valence-corrected chi connectivity index (χ4v) is 3.23. The second kappa shape index (κ2) is 16.6. The van der Waals surface area contributed by atoms with Crippen molar-refractivity contribution in [3.05, 3.63) is 29.8 Å². The zero-order valence-corrected chi connectivity index (χ0v) is 19.3. The number of carboxylic acid groups (broad SMARTS) is 1. The van der Waals surface area contributed by atoms with E-state index in [1.54, 1.807) is 0 Å². The van der Waals surface area contributed by atoms with Crippen molar-refractivity contribution in [3.63, 3.8) is 0 Å². The normalized spacial score (nSPS) is 10.4. The van der Waals surface area contributed by atoms with Gasteiger partial charge in [0.2, 0.25) is 0 Å². The molecule has 0 aliphatic rings. The number of carbonyl (C=O) groups is 1. The number of aryl methyl sites for hydroxylation is 1. The number of nitrogens with zero attached hydrogens (tertiary/aromatic N) is 1. The zero-order valence-electron chi connectivity index (χ0n) is 17.3. The molecule has 0 fully saturated rings. The van der Waals surface area contributed by atoms with Crippen LogP contribution in [-0.2, 0) is 11.2 Å². The molecule has 1 aromatic rings. The molecule has 1 aromatic carbocycles. The van der Waals surface area contributed by atoms with Crippen molar-refractivity contribution in [3.8, 4) is 0 Å². The van der Waals surface area contributed by atoms with Crippen LogP contribution in [-0.4, -0.2) is 19.1 Å². The van der Waals surface area contributed by atoms with E-state index in [4.69, 9.17) is 0 Å². The minimum Gasteiger partial charge on any atom is -0.548 e. The summed E-state index contributed by atoms with van der Waals surface area (Å²) in [5.74, 6) is -1.03. The first kappa shape index (κ1) is 25.5. The third-order valence-electron chi connectivity index (χ3n) is 4.82. The minimum atomic E-state index is -1.03. The maximum absolute atomic E-state index is 10.8. The zero-order chi connectivity index (χ0) is 18.3. The average Bonchev–Trinajstić information content (AvgIpc) is 2.61. The number of unbranched alkanes of at least 4 members (excludes halogenated alkanes) is 9. The Morgan fingerprint density at radius 1 is 0.846 bits per heavy atom. The van der Waals surface area contributed by atoms with Crippen LogP contribution in [0, 0.1) is 0 Å². The molecule has 26 heavy (non-hydrogen) atoms. The molecule has 0 aromatic heterocycles. The molecule has 0 heterocycles. The number of likely N-dealkylation sites (N-methyl/N-ethyl adjacent to an activating group) is 1. The van der Waals surface area contributed by atoms with Gasteiger partial charge in [-0.1, -0.05) is 76.8 Å². The van der Waals surface area contributed by atoms with E-state index in [0.29, 0.717) is 6.54 Å². The maximum atomic E-state index is 10.8. The van der Waals surface area contributed by atoms with Gasteiger partial charge in [-0.25, -0.2) is 0 Å². The van der Waals surface area contributed by atoms with Crippen molar-refractivity contribution in [2.24, 2.45) is 0 Å². The number of carboxylic acids is 1. The molecule has 0 saturated heterocycles. The van der Waals surface area contributed by atoms with E-state index in [9.17, 15) is 9.90 Å². The van der Waals surface area contributed by atoms with E-state index >= 15 is 0 Å². The third-order valence-corrected chi connectivity index (χ3v) is 4.82. The third kappa shape index (κ3) is 12.0. The second-order valence-electron chi connectivity index (χ2n) is 6.98. The molecule has 0 bridgehead atoms. The molecule has 142 valence electrons. The summed E-state index contributed by atoms with van der Waals surface area (Å²) in [5.41, 5.74) is 2.30. The van der Waals surface area contributed by atoms with Gasteiger partial charge in [0.25, 0.3) is 0 Å². The molecule has 1 rings (SSSR count).